The Morgan fingerprint density at radius 1 is 1.42 bits per heavy atom. The van der Waals surface area contributed by atoms with E-state index in [1.54, 1.807) is 18.6 Å². The average Bonchev–Trinajstić information content (AvgIpc) is 2.57. The number of nitrogens with one attached hydrogen (secondary N) is 1. The maximum absolute atomic E-state index is 11.9. The zero-order chi connectivity index (χ0) is 14.8. The number of nitrogens with two attached hydrogens (primary N) is 1. The van der Waals surface area contributed by atoms with E-state index in [1.165, 1.54) is 12.3 Å². The Balaban J connectivity index is 3.25. The van der Waals surface area contributed by atoms with E-state index in [1.807, 2.05) is 0 Å². The van der Waals surface area contributed by atoms with Gasteiger partial charge in [0, 0.05) is 0 Å². The van der Waals surface area contributed by atoms with E-state index in [2.05, 4.69) is 0 Å². The summed E-state index contributed by atoms with van der Waals surface area (Å²) in [5, 5.41) is 1.49. The van der Waals surface area contributed by atoms with Crippen LogP contribution >= 0.6 is 11.3 Å². The molecule has 1 heterocycles. The van der Waals surface area contributed by atoms with Gasteiger partial charge in [0.05, 0.1) is 6.10 Å². The second-order valence-corrected chi connectivity index (χ2v) is 6.50. The first kappa shape index (κ1) is 15.4. The zero-order valence-electron chi connectivity index (χ0n) is 10.6. The summed E-state index contributed by atoms with van der Waals surface area (Å²) in [6.07, 6.45) is -0.380. The summed E-state index contributed by atoms with van der Waals surface area (Å²) in [5.41, 5.74) is 5.14. The first-order valence-electron chi connectivity index (χ1n) is 5.26. The number of aryl methyl sites for hydroxylation is 1. The Kier molecular flexibility index (Phi) is 4.53. The lowest BCUT2D eigenvalue weighted by Crippen LogP contribution is -2.35. The molecule has 0 saturated heterocycles. The SMILES string of the molecule is Cc1csc(C(=O)OC(C)C)c1S(=O)(=O)NC(N)=O. The Morgan fingerprint density at radius 2 is 2.00 bits per heavy atom. The maximum atomic E-state index is 11.9. The van der Waals surface area contributed by atoms with Gasteiger partial charge in [-0.3, -0.25) is 0 Å². The Bertz CT molecular complexity index is 603. The molecule has 0 saturated carbocycles. The van der Waals surface area contributed by atoms with Crippen LogP contribution in [-0.4, -0.2) is 26.5 Å². The number of hydrogen-bond acceptors (Lipinski definition) is 6. The second-order valence-electron chi connectivity index (χ2n) is 4.00. The van der Waals surface area contributed by atoms with Crippen molar-refractivity contribution < 1.29 is 22.7 Å². The fourth-order valence-corrected chi connectivity index (χ4v) is 3.91. The van der Waals surface area contributed by atoms with Gasteiger partial charge < -0.3 is 10.5 Å². The molecule has 106 valence electrons. The van der Waals surface area contributed by atoms with Crippen molar-refractivity contribution in [2.75, 3.05) is 0 Å². The average molecular weight is 306 g/mol. The number of carbonyl (C=O) groups is 2. The van der Waals surface area contributed by atoms with Gasteiger partial charge in [-0.15, -0.1) is 11.3 Å². The van der Waals surface area contributed by atoms with Crippen molar-refractivity contribution in [2.24, 2.45) is 5.73 Å². The van der Waals surface area contributed by atoms with Crippen LogP contribution in [0, 0.1) is 6.92 Å². The molecular formula is C10H14N2O5S2. The monoisotopic (exact) mass is 306 g/mol. The molecule has 1 aromatic rings. The largest absolute Gasteiger partial charge is 0.459 e. The number of carbonyl (C=O) groups excluding carboxylic acids is 2. The van der Waals surface area contributed by atoms with Gasteiger partial charge in [-0.1, -0.05) is 0 Å². The molecule has 9 heteroatoms. The second kappa shape index (κ2) is 5.57. The molecule has 0 unspecified atom stereocenters. The van der Waals surface area contributed by atoms with Gasteiger partial charge in [0.2, 0.25) is 0 Å². The van der Waals surface area contributed by atoms with Crippen LogP contribution in [0.1, 0.15) is 29.1 Å². The molecule has 0 bridgehead atoms. The minimum Gasteiger partial charge on any atom is -0.459 e. The Labute approximate surface area is 114 Å². The molecule has 2 amide bonds. The van der Waals surface area contributed by atoms with Crippen molar-refractivity contribution in [3.63, 3.8) is 0 Å². The van der Waals surface area contributed by atoms with Gasteiger partial charge in [-0.25, -0.2) is 22.7 Å². The number of rotatable bonds is 4. The predicted molar refractivity (Wildman–Crippen MR) is 69.5 cm³/mol. The zero-order valence-corrected chi connectivity index (χ0v) is 12.2. The topological polar surface area (TPSA) is 116 Å². The predicted octanol–water partition coefficient (Wildman–Crippen LogP) is 0.979. The molecule has 0 aliphatic rings. The van der Waals surface area contributed by atoms with Gasteiger partial charge in [-0.05, 0) is 31.7 Å². The van der Waals surface area contributed by atoms with Crippen LogP contribution < -0.4 is 10.5 Å². The van der Waals surface area contributed by atoms with Crippen LogP contribution in [-0.2, 0) is 14.8 Å². The fraction of sp³-hybridized carbons (Fsp3) is 0.400. The summed E-state index contributed by atoms with van der Waals surface area (Å²) < 4.78 is 30.4. The molecule has 7 nitrogen and oxygen atoms in total. The molecule has 19 heavy (non-hydrogen) atoms. The van der Waals surface area contributed by atoms with Crippen LogP contribution in [0.3, 0.4) is 0 Å². The van der Waals surface area contributed by atoms with E-state index < -0.39 is 22.0 Å². The number of sulfonamides is 1. The fourth-order valence-electron chi connectivity index (χ4n) is 1.36. The van der Waals surface area contributed by atoms with Crippen molar-refractivity contribution in [1.82, 2.24) is 4.72 Å². The lowest BCUT2D eigenvalue weighted by Gasteiger charge is -2.09. The van der Waals surface area contributed by atoms with Gasteiger partial charge in [0.25, 0.3) is 10.0 Å². The number of amides is 2. The maximum Gasteiger partial charge on any atom is 0.350 e. The van der Waals surface area contributed by atoms with E-state index in [0.29, 0.717) is 5.56 Å². The Morgan fingerprint density at radius 3 is 2.47 bits per heavy atom. The van der Waals surface area contributed by atoms with Crippen molar-refractivity contribution in [3.8, 4) is 0 Å². The first-order valence-corrected chi connectivity index (χ1v) is 7.62. The van der Waals surface area contributed by atoms with Gasteiger partial charge in [0.1, 0.15) is 9.77 Å². The minimum absolute atomic E-state index is 0.0834. The normalized spacial score (nSPS) is 11.4. The molecule has 0 aliphatic heterocycles. The number of primary amides is 1. The minimum atomic E-state index is -4.17. The quantitative estimate of drug-likeness (QED) is 0.804. The van der Waals surface area contributed by atoms with Crippen molar-refractivity contribution in [2.45, 2.75) is 31.8 Å². The summed E-state index contributed by atoms with van der Waals surface area (Å²) in [4.78, 5) is 22.1. The highest BCUT2D eigenvalue weighted by atomic mass is 32.2. The van der Waals surface area contributed by atoms with Crippen molar-refractivity contribution in [1.29, 1.82) is 0 Å². The number of ether oxygens (including phenoxy) is 1. The number of hydrogen-bond donors (Lipinski definition) is 2. The molecular weight excluding hydrogens is 292 g/mol. The third-order valence-corrected chi connectivity index (χ3v) is 4.69. The third-order valence-electron chi connectivity index (χ3n) is 1.95. The highest BCUT2D eigenvalue weighted by molar-refractivity contribution is 7.90. The van der Waals surface area contributed by atoms with E-state index in [9.17, 15) is 18.0 Å². The highest BCUT2D eigenvalue weighted by Gasteiger charge is 2.29. The third kappa shape index (κ3) is 3.67. The van der Waals surface area contributed by atoms with Gasteiger partial charge in [0.15, 0.2) is 0 Å². The van der Waals surface area contributed by atoms with Gasteiger partial charge >= 0.3 is 12.0 Å². The molecule has 1 aromatic heterocycles. The number of esters is 1. The molecule has 0 fully saturated rings. The smallest absolute Gasteiger partial charge is 0.350 e. The summed E-state index contributed by atoms with van der Waals surface area (Å²) >= 11 is 0.934. The standard InChI is InChI=1S/C10H14N2O5S2/c1-5(2)17-9(13)7-8(6(3)4-18-7)19(15,16)12-10(11)14/h4-5H,1-3H3,(H3,11,12,14). The number of thiophene rings is 1. The summed E-state index contributed by atoms with van der Waals surface area (Å²) in [7, 11) is -4.17. The van der Waals surface area contributed by atoms with Crippen molar-refractivity contribution >= 4 is 33.4 Å². The van der Waals surface area contributed by atoms with Gasteiger partial charge in [-0.2, -0.15) is 0 Å². The van der Waals surface area contributed by atoms with E-state index in [0.717, 1.165) is 11.3 Å². The molecule has 0 radical (unpaired) electrons. The molecule has 0 spiro atoms. The lowest BCUT2D eigenvalue weighted by atomic mass is 10.3. The summed E-state index contributed by atoms with van der Waals surface area (Å²) in [5.74, 6) is -0.752. The number of urea groups is 1. The summed E-state index contributed by atoms with van der Waals surface area (Å²) in [6, 6.07) is -1.21. The Hall–Kier alpha value is -1.61. The van der Waals surface area contributed by atoms with E-state index >= 15 is 0 Å². The summed E-state index contributed by atoms with van der Waals surface area (Å²) in [6.45, 7) is 4.81. The molecule has 1 rings (SSSR count). The molecule has 0 aliphatic carbocycles. The van der Waals surface area contributed by atoms with Crippen molar-refractivity contribution in [3.05, 3.63) is 15.8 Å². The molecule has 0 atom stereocenters. The van der Waals surface area contributed by atoms with Crippen LogP contribution in [0.25, 0.3) is 0 Å². The van der Waals surface area contributed by atoms with Crippen LogP contribution in [0.5, 0.6) is 0 Å². The van der Waals surface area contributed by atoms with Crippen LogP contribution in [0.15, 0.2) is 10.3 Å². The molecule has 3 N–H and O–H groups in total. The van der Waals surface area contributed by atoms with Crippen LogP contribution in [0.2, 0.25) is 0 Å². The first-order chi connectivity index (χ1) is 8.65. The lowest BCUT2D eigenvalue weighted by molar-refractivity contribution is 0.0379. The van der Waals surface area contributed by atoms with E-state index in [4.69, 9.17) is 10.5 Å². The highest BCUT2D eigenvalue weighted by Crippen LogP contribution is 2.27. The van der Waals surface area contributed by atoms with E-state index in [-0.39, 0.29) is 15.9 Å². The molecule has 0 aromatic carbocycles. The van der Waals surface area contributed by atoms with Crippen LogP contribution in [0.4, 0.5) is 4.79 Å².